The predicted octanol–water partition coefficient (Wildman–Crippen LogP) is -0.613. The van der Waals surface area contributed by atoms with Gasteiger partial charge in [0.05, 0.1) is 17.4 Å². The van der Waals surface area contributed by atoms with E-state index < -0.39 is 29.5 Å². The summed E-state index contributed by atoms with van der Waals surface area (Å²) in [5.74, 6) is -2.00. The van der Waals surface area contributed by atoms with Crippen molar-refractivity contribution in [3.8, 4) is 0 Å². The first kappa shape index (κ1) is 16.6. The van der Waals surface area contributed by atoms with Crippen molar-refractivity contribution in [1.29, 1.82) is 0 Å². The number of rotatable bonds is 6. The normalized spacial score (nSPS) is 13.5. The molecule has 0 aliphatic carbocycles. The molecule has 8 heteroatoms. The van der Waals surface area contributed by atoms with E-state index in [-0.39, 0.29) is 0 Å². The number of amides is 1. The summed E-state index contributed by atoms with van der Waals surface area (Å²) in [5.41, 5.74) is -0.00202. The summed E-state index contributed by atoms with van der Waals surface area (Å²) in [5, 5.41) is 21.2. The van der Waals surface area contributed by atoms with Gasteiger partial charge in [-0.2, -0.15) is 4.68 Å². The molecular formula is C15H17N4O4-. The van der Waals surface area contributed by atoms with Gasteiger partial charge >= 0.3 is 0 Å². The molecular weight excluding hydrogens is 300 g/mol. The number of hydrogen-bond donors (Lipinski definition) is 1. The molecule has 0 aliphatic rings. The molecule has 0 saturated carbocycles. The van der Waals surface area contributed by atoms with E-state index in [9.17, 15) is 19.5 Å². The van der Waals surface area contributed by atoms with E-state index >= 15 is 0 Å². The van der Waals surface area contributed by atoms with Gasteiger partial charge in [0.25, 0.3) is 5.56 Å². The predicted molar refractivity (Wildman–Crippen MR) is 80.4 cm³/mol. The number of fused-ring (bicyclic) bond motifs is 1. The standard InChI is InChI=1S/C15H18N4O4/c1-3-6-12(13(20)16-9(2)15(22)23)19-14(21)10-7-4-5-8-11(10)17-18-19/h4-5,7-9,12H,3,6H2,1-2H3,(H,16,20)(H,22,23)/p-1/t9-,12+/m0/s1. The molecule has 1 N–H and O–H groups in total. The zero-order valence-corrected chi connectivity index (χ0v) is 12.9. The summed E-state index contributed by atoms with van der Waals surface area (Å²) >= 11 is 0. The maximum Gasteiger partial charge on any atom is 0.278 e. The van der Waals surface area contributed by atoms with Crippen LogP contribution in [-0.2, 0) is 9.59 Å². The molecule has 1 heterocycles. The van der Waals surface area contributed by atoms with Gasteiger partial charge in [0, 0.05) is 0 Å². The highest BCUT2D eigenvalue weighted by Crippen LogP contribution is 2.13. The minimum absolute atomic E-state index is 0.332. The van der Waals surface area contributed by atoms with Crippen LogP contribution < -0.4 is 16.0 Å². The first-order valence-electron chi connectivity index (χ1n) is 7.31. The summed E-state index contributed by atoms with van der Waals surface area (Å²) < 4.78 is 1.00. The Morgan fingerprint density at radius 3 is 2.70 bits per heavy atom. The Morgan fingerprint density at radius 1 is 1.35 bits per heavy atom. The lowest BCUT2D eigenvalue weighted by atomic mass is 10.1. The summed E-state index contributed by atoms with van der Waals surface area (Å²) in [7, 11) is 0. The summed E-state index contributed by atoms with van der Waals surface area (Å²) in [6.45, 7) is 3.15. The molecule has 0 unspecified atom stereocenters. The number of carbonyl (C=O) groups excluding carboxylic acids is 2. The topological polar surface area (TPSA) is 117 Å². The molecule has 1 aromatic heterocycles. The Kier molecular flexibility index (Phi) is 5.05. The summed E-state index contributed by atoms with van der Waals surface area (Å²) in [6.07, 6.45) is 0.942. The van der Waals surface area contributed by atoms with Crippen LogP contribution in [0.4, 0.5) is 0 Å². The van der Waals surface area contributed by atoms with E-state index in [1.54, 1.807) is 24.3 Å². The zero-order chi connectivity index (χ0) is 17.0. The molecule has 0 aliphatic heterocycles. The third kappa shape index (κ3) is 3.53. The van der Waals surface area contributed by atoms with Gasteiger partial charge in [-0.15, -0.1) is 5.10 Å². The van der Waals surface area contributed by atoms with Crippen molar-refractivity contribution in [1.82, 2.24) is 20.3 Å². The molecule has 0 bridgehead atoms. The van der Waals surface area contributed by atoms with Crippen molar-refractivity contribution >= 4 is 22.8 Å². The number of carboxylic acid groups (broad SMARTS) is 1. The molecule has 0 radical (unpaired) electrons. The molecule has 0 saturated heterocycles. The van der Waals surface area contributed by atoms with E-state index in [0.717, 1.165) is 4.68 Å². The van der Waals surface area contributed by atoms with Crippen LogP contribution in [0.3, 0.4) is 0 Å². The van der Waals surface area contributed by atoms with E-state index in [2.05, 4.69) is 15.6 Å². The molecule has 2 rings (SSSR count). The van der Waals surface area contributed by atoms with Crippen LogP contribution in [0.1, 0.15) is 32.7 Å². The fraction of sp³-hybridized carbons (Fsp3) is 0.400. The van der Waals surface area contributed by atoms with Crippen molar-refractivity contribution in [2.24, 2.45) is 0 Å². The summed E-state index contributed by atoms with van der Waals surface area (Å²) in [4.78, 5) is 35.6. The lowest BCUT2D eigenvalue weighted by molar-refractivity contribution is -0.307. The molecule has 1 amide bonds. The van der Waals surface area contributed by atoms with Gasteiger partial charge in [0.2, 0.25) is 5.91 Å². The number of aliphatic carboxylic acids is 1. The first-order valence-corrected chi connectivity index (χ1v) is 7.31. The van der Waals surface area contributed by atoms with Gasteiger partial charge in [-0.05, 0) is 25.5 Å². The maximum atomic E-state index is 12.5. The molecule has 23 heavy (non-hydrogen) atoms. The van der Waals surface area contributed by atoms with Crippen molar-refractivity contribution in [3.05, 3.63) is 34.6 Å². The van der Waals surface area contributed by atoms with Gasteiger partial charge in [-0.25, -0.2) is 0 Å². The number of carboxylic acids is 1. The molecule has 0 fully saturated rings. The van der Waals surface area contributed by atoms with Crippen LogP contribution in [0.25, 0.3) is 10.9 Å². The minimum Gasteiger partial charge on any atom is -0.548 e. The first-order chi connectivity index (χ1) is 11.0. The molecule has 2 aromatic rings. The van der Waals surface area contributed by atoms with Crippen LogP contribution in [0.2, 0.25) is 0 Å². The largest absolute Gasteiger partial charge is 0.548 e. The quantitative estimate of drug-likeness (QED) is 0.759. The number of hydrogen-bond acceptors (Lipinski definition) is 6. The fourth-order valence-corrected chi connectivity index (χ4v) is 2.21. The van der Waals surface area contributed by atoms with Crippen molar-refractivity contribution in [2.45, 2.75) is 38.8 Å². The number of aromatic nitrogens is 3. The van der Waals surface area contributed by atoms with Crippen molar-refractivity contribution in [2.75, 3.05) is 0 Å². The van der Waals surface area contributed by atoms with Crippen molar-refractivity contribution in [3.63, 3.8) is 0 Å². The molecule has 8 nitrogen and oxygen atoms in total. The Bertz CT molecular complexity index is 786. The Hall–Kier alpha value is -2.77. The minimum atomic E-state index is -1.40. The molecule has 122 valence electrons. The lowest BCUT2D eigenvalue weighted by Crippen LogP contribution is -2.49. The number of carbonyl (C=O) groups is 2. The maximum absolute atomic E-state index is 12.5. The van der Waals surface area contributed by atoms with Crippen LogP contribution in [0.5, 0.6) is 0 Å². The van der Waals surface area contributed by atoms with Gasteiger partial charge < -0.3 is 15.2 Å². The molecule has 1 aromatic carbocycles. The number of benzene rings is 1. The van der Waals surface area contributed by atoms with Crippen LogP contribution in [-0.4, -0.2) is 32.9 Å². The van der Waals surface area contributed by atoms with Crippen LogP contribution in [0, 0.1) is 0 Å². The highest BCUT2D eigenvalue weighted by atomic mass is 16.4. The Morgan fingerprint density at radius 2 is 2.04 bits per heavy atom. The third-order valence-electron chi connectivity index (χ3n) is 3.46. The van der Waals surface area contributed by atoms with E-state index in [0.29, 0.717) is 23.7 Å². The van der Waals surface area contributed by atoms with Gasteiger partial charge in [-0.1, -0.05) is 30.7 Å². The highest BCUT2D eigenvalue weighted by Gasteiger charge is 2.24. The van der Waals surface area contributed by atoms with Gasteiger partial charge in [0.1, 0.15) is 11.6 Å². The second-order valence-corrected chi connectivity index (χ2v) is 5.21. The zero-order valence-electron chi connectivity index (χ0n) is 12.9. The second kappa shape index (κ2) is 6.99. The van der Waals surface area contributed by atoms with Crippen LogP contribution >= 0.6 is 0 Å². The van der Waals surface area contributed by atoms with Gasteiger partial charge in [0.15, 0.2) is 0 Å². The highest BCUT2D eigenvalue weighted by molar-refractivity contribution is 5.85. The Labute approximate surface area is 132 Å². The lowest BCUT2D eigenvalue weighted by Gasteiger charge is -2.21. The SMILES string of the molecule is CCC[C@H](C(=O)N[C@@H](C)C(=O)[O-])n1nnc2ccccc2c1=O. The average Bonchev–Trinajstić information content (AvgIpc) is 2.53. The van der Waals surface area contributed by atoms with Gasteiger partial charge in [-0.3, -0.25) is 9.59 Å². The number of nitrogens with one attached hydrogen (secondary N) is 1. The second-order valence-electron chi connectivity index (χ2n) is 5.21. The van der Waals surface area contributed by atoms with E-state index in [4.69, 9.17) is 0 Å². The Balaban J connectivity index is 2.41. The smallest absolute Gasteiger partial charge is 0.278 e. The van der Waals surface area contributed by atoms with E-state index in [1.807, 2.05) is 6.92 Å². The fourth-order valence-electron chi connectivity index (χ4n) is 2.21. The third-order valence-corrected chi connectivity index (χ3v) is 3.46. The number of nitrogens with zero attached hydrogens (tertiary/aromatic N) is 3. The van der Waals surface area contributed by atoms with Crippen molar-refractivity contribution < 1.29 is 14.7 Å². The molecule has 0 spiro atoms. The summed E-state index contributed by atoms with van der Waals surface area (Å²) in [6, 6.07) is 4.60. The monoisotopic (exact) mass is 317 g/mol. The average molecular weight is 317 g/mol. The van der Waals surface area contributed by atoms with E-state index in [1.165, 1.54) is 6.92 Å². The molecule has 2 atom stereocenters. The van der Waals surface area contributed by atoms with Crippen LogP contribution in [0.15, 0.2) is 29.1 Å².